The van der Waals surface area contributed by atoms with Gasteiger partial charge in [-0.15, -0.1) is 18.2 Å². The number of rotatable bonds is 8. The van der Waals surface area contributed by atoms with Crippen LogP contribution in [-0.2, 0) is 18.7 Å². The van der Waals surface area contributed by atoms with Crippen LogP contribution in [0.3, 0.4) is 0 Å². The molecule has 1 aliphatic heterocycles. The highest BCUT2D eigenvalue weighted by molar-refractivity contribution is 7.92. The van der Waals surface area contributed by atoms with E-state index in [1.165, 1.54) is 0 Å². The summed E-state index contributed by atoms with van der Waals surface area (Å²) in [5, 5.41) is 0. The lowest BCUT2D eigenvalue weighted by Gasteiger charge is -2.26. The molecule has 1 saturated carbocycles. The Labute approximate surface area is 136 Å². The number of hydrogen-bond acceptors (Lipinski definition) is 4. The average molecular weight is 354 g/mol. The van der Waals surface area contributed by atoms with Crippen molar-refractivity contribution in [3.05, 3.63) is 0 Å². The van der Waals surface area contributed by atoms with Crippen LogP contribution in [-0.4, -0.2) is 30.6 Å². The summed E-state index contributed by atoms with van der Waals surface area (Å²) in [5.41, 5.74) is 0. The lowest BCUT2D eigenvalue weighted by molar-refractivity contribution is -0.141. The molecule has 3 unspecified atom stereocenters. The van der Waals surface area contributed by atoms with E-state index >= 15 is 0 Å². The smallest absolute Gasteiger partial charge is 0.336 e. The van der Waals surface area contributed by atoms with Crippen LogP contribution in [0.15, 0.2) is 0 Å². The van der Waals surface area contributed by atoms with Crippen molar-refractivity contribution in [3.63, 3.8) is 0 Å². The van der Waals surface area contributed by atoms with Crippen molar-refractivity contribution >= 4 is 40.0 Å². The molecule has 0 spiro atoms. The van der Waals surface area contributed by atoms with Crippen LogP contribution < -0.4 is 0 Å². The standard InChI is InChI=1S/C13H26BO4P3.H2/c1-2-3-8(18-21)4-5-9-10-6-13(15)16-11(10)7-12(9)17-14(19)20;/h8-12H,2-7,19-21H2,1H3;1H/t8-,9+,10+,11-,12+;/m0./s1/i;1+2. The molecule has 21 heavy (non-hydrogen) atoms. The molecule has 8 heteroatoms. The minimum atomic E-state index is -0.0471. The van der Waals surface area contributed by atoms with Gasteiger partial charge in [-0.1, -0.05) is 13.3 Å². The van der Waals surface area contributed by atoms with Crippen LogP contribution in [0.1, 0.15) is 46.9 Å². The number of carbonyl (C=O) groups excluding carboxylic acids is 1. The van der Waals surface area contributed by atoms with Crippen LogP contribution >= 0.6 is 27.7 Å². The Morgan fingerprint density at radius 1 is 1.48 bits per heavy atom. The maximum Gasteiger partial charge on any atom is 0.336 e. The highest BCUT2D eigenvalue weighted by Crippen LogP contribution is 2.45. The summed E-state index contributed by atoms with van der Waals surface area (Å²) >= 11 is 0. The second-order valence-corrected chi connectivity index (χ2v) is 8.42. The molecular formula is C13H28BO4P3. The quantitative estimate of drug-likeness (QED) is 0.382. The van der Waals surface area contributed by atoms with E-state index < -0.39 is 0 Å². The maximum absolute atomic E-state index is 11.5. The number of ether oxygens (including phenoxy) is 1. The van der Waals surface area contributed by atoms with Gasteiger partial charge in [0.1, 0.15) is 6.10 Å². The van der Waals surface area contributed by atoms with Gasteiger partial charge in [-0.25, -0.2) is 0 Å². The Morgan fingerprint density at radius 2 is 2.24 bits per heavy atom. The van der Waals surface area contributed by atoms with Crippen LogP contribution in [0.5, 0.6) is 0 Å². The fourth-order valence-electron chi connectivity index (χ4n) is 3.70. The first kappa shape index (κ1) is 18.1. The first-order chi connectivity index (χ1) is 10.0. The fraction of sp³-hybridized carbons (Fsp3) is 0.923. The Kier molecular flexibility index (Phi) is 7.37. The molecule has 0 aromatic carbocycles. The molecule has 122 valence electrons. The SMILES string of the molecule is CCC[C@@H](CC[C@@H]1[C@H]2CC(=O)O[C@H]2C[C@H]1OB(P)P)OP.[3HH]. The molecule has 0 bridgehead atoms. The van der Waals surface area contributed by atoms with E-state index in [4.69, 9.17) is 13.9 Å². The molecule has 2 rings (SSSR count). The van der Waals surface area contributed by atoms with Crippen LogP contribution in [0.25, 0.3) is 0 Å². The van der Waals surface area contributed by atoms with Gasteiger partial charge >= 0.3 is 12.3 Å². The molecule has 2 aliphatic rings. The fourth-order valence-corrected chi connectivity index (χ4v) is 4.37. The summed E-state index contributed by atoms with van der Waals surface area (Å²) < 4.78 is 16.9. The van der Waals surface area contributed by atoms with Crippen molar-refractivity contribution in [1.29, 1.82) is 0 Å². The van der Waals surface area contributed by atoms with Gasteiger partial charge in [0.15, 0.2) is 0 Å². The number of fused-ring (bicyclic) bond motifs is 1. The van der Waals surface area contributed by atoms with E-state index in [1.54, 1.807) is 0 Å². The van der Waals surface area contributed by atoms with Gasteiger partial charge in [-0.05, 0) is 25.2 Å². The Bertz CT molecular complexity index is 364. The lowest BCUT2D eigenvalue weighted by Crippen LogP contribution is -2.27. The topological polar surface area (TPSA) is 44.8 Å². The predicted octanol–water partition coefficient (Wildman–Crippen LogP) is 3.06. The monoisotopic (exact) mass is 354 g/mol. The molecule has 4 nitrogen and oxygen atoms in total. The maximum atomic E-state index is 11.5. The van der Waals surface area contributed by atoms with Gasteiger partial charge in [0.05, 0.1) is 12.5 Å². The molecular weight excluding hydrogens is 324 g/mol. The van der Waals surface area contributed by atoms with Crippen LogP contribution in [0.4, 0.5) is 0 Å². The van der Waals surface area contributed by atoms with E-state index in [0.29, 0.717) is 18.3 Å². The van der Waals surface area contributed by atoms with Gasteiger partial charge in [0.2, 0.25) is 0 Å². The van der Waals surface area contributed by atoms with E-state index in [0.717, 1.165) is 32.1 Å². The Balaban J connectivity index is 0.00000242. The third kappa shape index (κ3) is 4.86. The number of esters is 1. The van der Waals surface area contributed by atoms with E-state index in [-0.39, 0.29) is 32.1 Å². The lowest BCUT2D eigenvalue weighted by atomic mass is 9.86. The summed E-state index contributed by atoms with van der Waals surface area (Å²) in [5.74, 6) is 0.668. The van der Waals surface area contributed by atoms with Crippen molar-refractivity contribution in [2.45, 2.75) is 63.8 Å². The predicted molar refractivity (Wildman–Crippen MR) is 97.0 cm³/mol. The van der Waals surface area contributed by atoms with E-state index in [9.17, 15) is 4.79 Å². The summed E-state index contributed by atoms with van der Waals surface area (Å²) in [7, 11) is 7.69. The molecule has 8 atom stereocenters. The first-order valence-corrected chi connectivity index (χ1v) is 9.57. The molecule has 0 amide bonds. The molecule has 0 aromatic rings. The molecule has 2 fully saturated rings. The average Bonchev–Trinajstić information content (AvgIpc) is 2.90. The second kappa shape index (κ2) is 8.56. The van der Waals surface area contributed by atoms with Gasteiger partial charge in [0, 0.05) is 29.3 Å². The van der Waals surface area contributed by atoms with Crippen molar-refractivity contribution in [2.24, 2.45) is 11.8 Å². The zero-order chi connectivity index (χ0) is 15.4. The Morgan fingerprint density at radius 3 is 2.86 bits per heavy atom. The highest BCUT2D eigenvalue weighted by atomic mass is 31.1. The van der Waals surface area contributed by atoms with Crippen molar-refractivity contribution in [1.82, 2.24) is 0 Å². The third-order valence-corrected chi connectivity index (χ3v) is 5.31. The normalized spacial score (nSPS) is 32.9. The number of carbonyl (C=O) groups is 1. The van der Waals surface area contributed by atoms with Crippen molar-refractivity contribution in [2.75, 3.05) is 0 Å². The summed E-state index contributed by atoms with van der Waals surface area (Å²) in [6, 6.07) is 0. The van der Waals surface area contributed by atoms with Crippen molar-refractivity contribution in [3.8, 4) is 0 Å². The van der Waals surface area contributed by atoms with Gasteiger partial charge < -0.3 is 13.9 Å². The van der Waals surface area contributed by atoms with Gasteiger partial charge in [-0.3, -0.25) is 4.79 Å². The molecule has 0 aromatic heterocycles. The summed E-state index contributed by atoms with van der Waals surface area (Å²) in [6.07, 6.45) is 6.19. The summed E-state index contributed by atoms with van der Waals surface area (Å²) in [4.78, 5) is 11.5. The van der Waals surface area contributed by atoms with Crippen LogP contribution in [0, 0.1) is 11.8 Å². The first-order valence-electron chi connectivity index (χ1n) is 7.76. The van der Waals surface area contributed by atoms with Gasteiger partial charge in [-0.2, -0.15) is 0 Å². The highest BCUT2D eigenvalue weighted by Gasteiger charge is 2.50. The summed E-state index contributed by atoms with van der Waals surface area (Å²) in [6.45, 7) is 2.17. The zero-order valence-corrected chi connectivity index (χ0v) is 16.0. The minimum Gasteiger partial charge on any atom is -0.462 e. The molecule has 0 N–H and O–H groups in total. The zero-order valence-electron chi connectivity index (χ0n) is 12.6. The second-order valence-electron chi connectivity index (χ2n) is 6.06. The third-order valence-electron chi connectivity index (χ3n) is 4.61. The molecule has 0 radical (unpaired) electrons. The number of hydrogen-bond donors (Lipinski definition) is 0. The van der Waals surface area contributed by atoms with Crippen LogP contribution in [0.2, 0.25) is 0 Å². The van der Waals surface area contributed by atoms with E-state index in [2.05, 4.69) is 34.6 Å². The van der Waals surface area contributed by atoms with Crippen molar-refractivity contribution < 1.29 is 20.1 Å². The minimum absolute atomic E-state index is 0. The molecule has 1 heterocycles. The van der Waals surface area contributed by atoms with E-state index in [1.807, 2.05) is 0 Å². The molecule has 1 saturated heterocycles. The Hall–Kier alpha value is 0.745. The largest absolute Gasteiger partial charge is 0.462 e. The molecule has 1 aliphatic carbocycles. The van der Waals surface area contributed by atoms with Gasteiger partial charge in [0.25, 0.3) is 0 Å².